The normalized spacial score (nSPS) is 10.5. The van der Waals surface area contributed by atoms with Crippen LogP contribution in [0.2, 0.25) is 0 Å². The number of nitrogens with zero attached hydrogens (tertiary/aromatic N) is 3. The third-order valence-corrected chi connectivity index (χ3v) is 3.97. The summed E-state index contributed by atoms with van der Waals surface area (Å²) in [6, 6.07) is 14.9. The molecule has 0 atom stereocenters. The molecule has 2 aromatic carbocycles. The van der Waals surface area contributed by atoms with Crippen LogP contribution in [0.3, 0.4) is 0 Å². The van der Waals surface area contributed by atoms with E-state index in [9.17, 15) is 4.79 Å². The molecule has 1 heterocycles. The van der Waals surface area contributed by atoms with Gasteiger partial charge in [-0.3, -0.25) is 0 Å². The molecule has 0 aliphatic heterocycles. The van der Waals surface area contributed by atoms with Crippen LogP contribution in [0.15, 0.2) is 54.7 Å². The Hall–Kier alpha value is -3.48. The molecule has 0 radical (unpaired) electrons. The number of carbonyl (C=O) groups excluding carboxylic acids is 1. The minimum atomic E-state index is -0.380. The van der Waals surface area contributed by atoms with Gasteiger partial charge in [0.15, 0.2) is 5.82 Å². The lowest BCUT2D eigenvalue weighted by atomic mass is 10.0. The molecule has 0 bridgehead atoms. The number of hydrogen-bond donors (Lipinski definition) is 2. The molecule has 0 aliphatic carbocycles. The summed E-state index contributed by atoms with van der Waals surface area (Å²) >= 11 is 0. The van der Waals surface area contributed by atoms with E-state index >= 15 is 0 Å². The second kappa shape index (κ2) is 8.27. The molecule has 1 aromatic heterocycles. The first-order chi connectivity index (χ1) is 13.1. The zero-order chi connectivity index (χ0) is 19.2. The topological polar surface area (TPSA) is 89.0 Å². The second-order valence-electron chi connectivity index (χ2n) is 6.23. The Morgan fingerprint density at radius 3 is 2.48 bits per heavy atom. The minimum Gasteiger partial charge on any atom is -0.465 e. The molecule has 27 heavy (non-hydrogen) atoms. The lowest BCUT2D eigenvalue weighted by molar-refractivity contribution is 0.0601. The van der Waals surface area contributed by atoms with Gasteiger partial charge < -0.3 is 15.4 Å². The van der Waals surface area contributed by atoms with Gasteiger partial charge in [0.25, 0.3) is 0 Å². The Kier molecular flexibility index (Phi) is 5.61. The lowest BCUT2D eigenvalue weighted by Gasteiger charge is -2.14. The first-order valence-corrected chi connectivity index (χ1v) is 8.58. The van der Waals surface area contributed by atoms with Gasteiger partial charge in [0.05, 0.1) is 18.9 Å². The molecule has 0 saturated heterocycles. The van der Waals surface area contributed by atoms with Crippen molar-refractivity contribution in [3.8, 4) is 0 Å². The zero-order valence-electron chi connectivity index (χ0n) is 15.4. The fraction of sp³-hybridized carbons (Fsp3) is 0.200. The maximum Gasteiger partial charge on any atom is 0.337 e. The van der Waals surface area contributed by atoms with E-state index < -0.39 is 0 Å². The van der Waals surface area contributed by atoms with E-state index in [0.717, 1.165) is 11.4 Å². The van der Waals surface area contributed by atoms with Gasteiger partial charge in [-0.05, 0) is 41.8 Å². The number of methoxy groups -OCH3 is 1. The third-order valence-electron chi connectivity index (χ3n) is 3.97. The molecular formula is C20H21N5O2. The SMILES string of the molecule is COC(=O)c1ccc(Nc2nncc(Nc3ccccc3C(C)C)n2)cc1. The van der Waals surface area contributed by atoms with Gasteiger partial charge in [0.1, 0.15) is 0 Å². The van der Waals surface area contributed by atoms with Gasteiger partial charge in [-0.25, -0.2) is 4.79 Å². The van der Waals surface area contributed by atoms with Crippen LogP contribution in [0.25, 0.3) is 0 Å². The van der Waals surface area contributed by atoms with Crippen molar-refractivity contribution in [3.63, 3.8) is 0 Å². The Morgan fingerprint density at radius 1 is 1.04 bits per heavy atom. The van der Waals surface area contributed by atoms with Crippen molar-refractivity contribution < 1.29 is 9.53 Å². The average molecular weight is 363 g/mol. The van der Waals surface area contributed by atoms with Crippen molar-refractivity contribution in [3.05, 3.63) is 65.9 Å². The first kappa shape index (κ1) is 18.3. The highest BCUT2D eigenvalue weighted by molar-refractivity contribution is 5.89. The van der Waals surface area contributed by atoms with Crippen molar-refractivity contribution in [2.75, 3.05) is 17.7 Å². The van der Waals surface area contributed by atoms with Crippen LogP contribution in [-0.4, -0.2) is 28.3 Å². The summed E-state index contributed by atoms with van der Waals surface area (Å²) in [5.74, 6) is 0.948. The van der Waals surface area contributed by atoms with Gasteiger partial charge in [-0.2, -0.15) is 10.1 Å². The number of nitrogens with one attached hydrogen (secondary N) is 2. The van der Waals surface area contributed by atoms with Crippen molar-refractivity contribution in [1.29, 1.82) is 0 Å². The van der Waals surface area contributed by atoms with Crippen LogP contribution >= 0.6 is 0 Å². The Balaban J connectivity index is 1.75. The first-order valence-electron chi connectivity index (χ1n) is 8.58. The molecule has 0 unspecified atom stereocenters. The van der Waals surface area contributed by atoms with E-state index in [1.807, 2.05) is 18.2 Å². The number of anilines is 4. The number of benzene rings is 2. The summed E-state index contributed by atoms with van der Waals surface area (Å²) in [6.45, 7) is 4.29. The fourth-order valence-corrected chi connectivity index (χ4v) is 2.61. The molecule has 7 nitrogen and oxygen atoms in total. The predicted octanol–water partition coefficient (Wildman–Crippen LogP) is 4.27. The van der Waals surface area contributed by atoms with Crippen LogP contribution in [0, 0.1) is 0 Å². The summed E-state index contributed by atoms with van der Waals surface area (Å²) < 4.78 is 4.69. The molecule has 3 aromatic rings. The molecule has 0 saturated carbocycles. The molecular weight excluding hydrogens is 342 g/mol. The van der Waals surface area contributed by atoms with E-state index in [2.05, 4.69) is 45.7 Å². The zero-order valence-corrected chi connectivity index (χ0v) is 15.4. The quantitative estimate of drug-likeness (QED) is 0.632. The number of ether oxygens (including phenoxy) is 1. The Bertz CT molecular complexity index is 926. The molecule has 0 fully saturated rings. The number of para-hydroxylation sites is 1. The third kappa shape index (κ3) is 4.58. The lowest BCUT2D eigenvalue weighted by Crippen LogP contribution is -2.04. The van der Waals surface area contributed by atoms with Gasteiger partial charge >= 0.3 is 5.97 Å². The van der Waals surface area contributed by atoms with Gasteiger partial charge in [0, 0.05) is 11.4 Å². The number of carbonyl (C=O) groups is 1. The van der Waals surface area contributed by atoms with Gasteiger partial charge in [-0.15, -0.1) is 5.10 Å². The summed E-state index contributed by atoms with van der Waals surface area (Å²) in [7, 11) is 1.35. The molecule has 138 valence electrons. The standard InChI is InChI=1S/C20H21N5O2/c1-13(2)16-6-4-5-7-17(16)23-18-12-21-25-20(24-18)22-15-10-8-14(9-11-15)19(26)27-3/h4-13H,1-3H3,(H2,22,23,24,25). The van der Waals surface area contributed by atoms with Crippen LogP contribution < -0.4 is 10.6 Å². The van der Waals surface area contributed by atoms with E-state index in [1.54, 1.807) is 30.5 Å². The molecule has 0 spiro atoms. The summed E-state index contributed by atoms with van der Waals surface area (Å²) in [6.07, 6.45) is 1.57. The van der Waals surface area contributed by atoms with E-state index in [1.165, 1.54) is 12.7 Å². The highest BCUT2D eigenvalue weighted by Crippen LogP contribution is 2.26. The van der Waals surface area contributed by atoms with Crippen molar-refractivity contribution >= 4 is 29.1 Å². The fourth-order valence-electron chi connectivity index (χ4n) is 2.61. The summed E-state index contributed by atoms with van der Waals surface area (Å²) in [5, 5.41) is 14.4. The monoisotopic (exact) mass is 363 g/mol. The predicted molar refractivity (Wildman–Crippen MR) is 105 cm³/mol. The second-order valence-corrected chi connectivity index (χ2v) is 6.23. The molecule has 2 N–H and O–H groups in total. The van der Waals surface area contributed by atoms with Crippen LogP contribution in [0.1, 0.15) is 35.7 Å². The Labute approximate surface area is 157 Å². The maximum absolute atomic E-state index is 11.5. The van der Waals surface area contributed by atoms with E-state index in [-0.39, 0.29) is 5.97 Å². The van der Waals surface area contributed by atoms with E-state index in [4.69, 9.17) is 4.74 Å². The molecule has 7 heteroatoms. The highest BCUT2D eigenvalue weighted by atomic mass is 16.5. The largest absolute Gasteiger partial charge is 0.465 e. The van der Waals surface area contributed by atoms with Crippen LogP contribution in [0.5, 0.6) is 0 Å². The molecule has 3 rings (SSSR count). The number of esters is 1. The molecule has 0 amide bonds. The van der Waals surface area contributed by atoms with E-state index in [0.29, 0.717) is 23.2 Å². The number of hydrogen-bond acceptors (Lipinski definition) is 7. The van der Waals surface area contributed by atoms with Crippen molar-refractivity contribution in [2.24, 2.45) is 0 Å². The highest BCUT2D eigenvalue weighted by Gasteiger charge is 2.09. The number of aromatic nitrogens is 3. The van der Waals surface area contributed by atoms with Gasteiger partial charge in [-0.1, -0.05) is 32.0 Å². The minimum absolute atomic E-state index is 0.354. The van der Waals surface area contributed by atoms with Crippen LogP contribution in [-0.2, 0) is 4.74 Å². The summed E-state index contributed by atoms with van der Waals surface area (Å²) in [5.41, 5.74) is 3.40. The van der Waals surface area contributed by atoms with Crippen molar-refractivity contribution in [1.82, 2.24) is 15.2 Å². The smallest absolute Gasteiger partial charge is 0.337 e. The number of rotatable bonds is 6. The average Bonchev–Trinajstić information content (AvgIpc) is 2.68. The van der Waals surface area contributed by atoms with Crippen LogP contribution in [0.4, 0.5) is 23.1 Å². The maximum atomic E-state index is 11.5. The summed E-state index contributed by atoms with van der Waals surface area (Å²) in [4.78, 5) is 15.9. The molecule has 0 aliphatic rings. The van der Waals surface area contributed by atoms with Gasteiger partial charge in [0.2, 0.25) is 5.95 Å². The Morgan fingerprint density at radius 2 is 1.78 bits per heavy atom. The van der Waals surface area contributed by atoms with Crippen molar-refractivity contribution in [2.45, 2.75) is 19.8 Å².